The number of pyridine rings is 1. The van der Waals surface area contributed by atoms with Crippen molar-refractivity contribution in [3.05, 3.63) is 83.8 Å². The predicted octanol–water partition coefficient (Wildman–Crippen LogP) is 4.84. The number of H-pyrrole nitrogens is 1. The Kier molecular flexibility index (Phi) is 5.70. The van der Waals surface area contributed by atoms with Gasteiger partial charge in [-0.3, -0.25) is 4.98 Å². The Morgan fingerprint density at radius 3 is 2.84 bits per heavy atom. The molecule has 1 unspecified atom stereocenters. The molecule has 0 fully saturated rings. The topological polar surface area (TPSA) is 79.9 Å². The van der Waals surface area contributed by atoms with Crippen LogP contribution in [-0.4, -0.2) is 36.6 Å². The SMILES string of the molecule is Cc1ccc(Nc2cccc3c2CCN([S+](C)[O-])C3)cc1-c1ncc(-c2cccnc2)[nH]1. The number of anilines is 2. The Morgan fingerprint density at radius 2 is 2.03 bits per heavy atom. The first-order chi connectivity index (χ1) is 15.6. The van der Waals surface area contributed by atoms with Crippen LogP contribution >= 0.6 is 0 Å². The zero-order chi connectivity index (χ0) is 22.1. The third-order valence-electron chi connectivity index (χ3n) is 5.91. The first kappa shape index (κ1) is 20.8. The van der Waals surface area contributed by atoms with Crippen LogP contribution in [0.15, 0.2) is 67.1 Å². The Balaban J connectivity index is 1.42. The van der Waals surface area contributed by atoms with Crippen molar-refractivity contribution in [2.45, 2.75) is 19.9 Å². The molecule has 1 aliphatic heterocycles. The van der Waals surface area contributed by atoms with Crippen LogP contribution in [0, 0.1) is 6.92 Å². The maximum atomic E-state index is 11.9. The minimum absolute atomic E-state index is 0.719. The summed E-state index contributed by atoms with van der Waals surface area (Å²) in [5.41, 5.74) is 8.82. The largest absolute Gasteiger partial charge is 0.598 e. The minimum Gasteiger partial charge on any atom is -0.598 e. The van der Waals surface area contributed by atoms with E-state index in [2.05, 4.69) is 63.6 Å². The van der Waals surface area contributed by atoms with E-state index in [1.165, 1.54) is 11.1 Å². The van der Waals surface area contributed by atoms with E-state index < -0.39 is 11.4 Å². The van der Waals surface area contributed by atoms with Gasteiger partial charge in [-0.25, -0.2) is 4.98 Å². The molecule has 7 heteroatoms. The summed E-state index contributed by atoms with van der Waals surface area (Å²) in [6, 6.07) is 16.6. The summed E-state index contributed by atoms with van der Waals surface area (Å²) in [5, 5.41) is 3.61. The van der Waals surface area contributed by atoms with Crippen molar-refractivity contribution in [3.63, 3.8) is 0 Å². The van der Waals surface area contributed by atoms with Crippen molar-refractivity contribution in [1.82, 2.24) is 19.3 Å². The Labute approximate surface area is 191 Å². The molecule has 0 spiro atoms. The second-order valence-electron chi connectivity index (χ2n) is 8.02. The minimum atomic E-state index is -0.944. The molecule has 0 saturated carbocycles. The summed E-state index contributed by atoms with van der Waals surface area (Å²) < 4.78 is 13.9. The van der Waals surface area contributed by atoms with Gasteiger partial charge in [0.05, 0.1) is 18.4 Å². The molecule has 6 nitrogen and oxygen atoms in total. The number of aryl methyl sites for hydroxylation is 1. The second kappa shape index (κ2) is 8.78. The molecule has 3 heterocycles. The van der Waals surface area contributed by atoms with Gasteiger partial charge in [0.15, 0.2) is 0 Å². The van der Waals surface area contributed by atoms with Crippen molar-refractivity contribution >= 4 is 22.7 Å². The van der Waals surface area contributed by atoms with Gasteiger partial charge in [-0.15, -0.1) is 4.31 Å². The number of nitrogens with zero attached hydrogens (tertiary/aromatic N) is 3. The van der Waals surface area contributed by atoms with Gasteiger partial charge in [0, 0.05) is 52.8 Å². The molecule has 2 N–H and O–H groups in total. The number of fused-ring (bicyclic) bond motifs is 1. The maximum Gasteiger partial charge on any atom is 0.138 e. The lowest BCUT2D eigenvalue weighted by Crippen LogP contribution is -2.35. The Morgan fingerprint density at radius 1 is 1.12 bits per heavy atom. The smallest absolute Gasteiger partial charge is 0.138 e. The molecule has 162 valence electrons. The van der Waals surface area contributed by atoms with Gasteiger partial charge in [-0.2, -0.15) is 0 Å². The van der Waals surface area contributed by atoms with Gasteiger partial charge in [0.1, 0.15) is 12.1 Å². The highest BCUT2D eigenvalue weighted by Gasteiger charge is 2.24. The number of imidazole rings is 1. The molecule has 32 heavy (non-hydrogen) atoms. The van der Waals surface area contributed by atoms with E-state index in [9.17, 15) is 4.55 Å². The molecule has 5 rings (SSSR count). The summed E-state index contributed by atoms with van der Waals surface area (Å²) in [4.78, 5) is 12.2. The molecule has 2 aromatic carbocycles. The van der Waals surface area contributed by atoms with Gasteiger partial charge in [-0.05, 0) is 60.4 Å². The van der Waals surface area contributed by atoms with Gasteiger partial charge in [0.2, 0.25) is 0 Å². The van der Waals surface area contributed by atoms with E-state index in [1.54, 1.807) is 12.5 Å². The van der Waals surface area contributed by atoms with Crippen LogP contribution in [-0.2, 0) is 24.3 Å². The zero-order valence-electron chi connectivity index (χ0n) is 18.1. The van der Waals surface area contributed by atoms with Crippen LogP contribution in [0.5, 0.6) is 0 Å². The highest BCUT2D eigenvalue weighted by Crippen LogP contribution is 2.32. The average Bonchev–Trinajstić information content (AvgIpc) is 3.31. The van der Waals surface area contributed by atoms with Gasteiger partial charge in [-0.1, -0.05) is 18.2 Å². The Bertz CT molecular complexity index is 1240. The standard InChI is InChI=1S/C25H25N5OS/c1-17-8-9-20(13-22(17)25-27-15-24(29-25)18-6-4-11-26-14-18)28-23-7-3-5-19-16-30(32(2)31)12-10-21(19)23/h3-9,11,13-15,28H,10,12,16H2,1-2H3,(H,27,29). The zero-order valence-corrected chi connectivity index (χ0v) is 18.9. The van der Waals surface area contributed by atoms with Crippen LogP contribution in [0.1, 0.15) is 16.7 Å². The van der Waals surface area contributed by atoms with Crippen LogP contribution in [0.2, 0.25) is 0 Å². The van der Waals surface area contributed by atoms with E-state index in [0.29, 0.717) is 0 Å². The molecule has 0 amide bonds. The summed E-state index contributed by atoms with van der Waals surface area (Å²) >= 11 is -0.944. The van der Waals surface area contributed by atoms with Gasteiger partial charge >= 0.3 is 0 Å². The number of hydrogen-bond acceptors (Lipinski definition) is 5. The molecule has 0 radical (unpaired) electrons. The van der Waals surface area contributed by atoms with Crippen molar-refractivity contribution in [3.8, 4) is 22.6 Å². The number of aromatic nitrogens is 3. The van der Waals surface area contributed by atoms with Crippen LogP contribution in [0.25, 0.3) is 22.6 Å². The third kappa shape index (κ3) is 4.14. The van der Waals surface area contributed by atoms with Crippen molar-refractivity contribution in [2.24, 2.45) is 0 Å². The summed E-state index contributed by atoms with van der Waals surface area (Å²) in [5.74, 6) is 0.834. The lowest BCUT2D eigenvalue weighted by Gasteiger charge is -2.29. The van der Waals surface area contributed by atoms with Crippen LogP contribution in [0.3, 0.4) is 0 Å². The summed E-state index contributed by atoms with van der Waals surface area (Å²) in [6.07, 6.45) is 8.07. The average molecular weight is 444 g/mol. The lowest BCUT2D eigenvalue weighted by atomic mass is 9.98. The molecule has 0 saturated heterocycles. The monoisotopic (exact) mass is 443 g/mol. The molecular formula is C25H25N5OS. The number of nitrogens with one attached hydrogen (secondary N) is 2. The lowest BCUT2D eigenvalue weighted by molar-refractivity contribution is 0.395. The van der Waals surface area contributed by atoms with E-state index in [-0.39, 0.29) is 0 Å². The second-order valence-corrected chi connectivity index (χ2v) is 9.39. The fourth-order valence-corrected chi connectivity index (χ4v) is 4.83. The molecule has 0 aliphatic carbocycles. The van der Waals surface area contributed by atoms with E-state index in [1.807, 2.05) is 28.8 Å². The molecule has 1 atom stereocenters. The maximum absolute atomic E-state index is 11.9. The quantitative estimate of drug-likeness (QED) is 0.431. The van der Waals surface area contributed by atoms with Crippen molar-refractivity contribution < 1.29 is 4.55 Å². The first-order valence-corrected chi connectivity index (χ1v) is 12.1. The number of benzene rings is 2. The number of hydrogen-bond donors (Lipinski definition) is 2. The van der Waals surface area contributed by atoms with Crippen LogP contribution < -0.4 is 5.32 Å². The van der Waals surface area contributed by atoms with E-state index in [0.717, 1.165) is 59.1 Å². The highest BCUT2D eigenvalue weighted by molar-refractivity contribution is 7.88. The fourth-order valence-electron chi connectivity index (χ4n) is 4.16. The van der Waals surface area contributed by atoms with Crippen LogP contribution in [0.4, 0.5) is 11.4 Å². The highest BCUT2D eigenvalue weighted by atomic mass is 32.2. The fraction of sp³-hybridized carbons (Fsp3) is 0.200. The molecule has 0 bridgehead atoms. The van der Waals surface area contributed by atoms with Gasteiger partial charge < -0.3 is 14.9 Å². The summed E-state index contributed by atoms with van der Waals surface area (Å²) in [7, 11) is 0. The number of aromatic amines is 1. The van der Waals surface area contributed by atoms with E-state index >= 15 is 0 Å². The summed E-state index contributed by atoms with van der Waals surface area (Å²) in [6.45, 7) is 3.61. The normalized spacial score (nSPS) is 14.7. The van der Waals surface area contributed by atoms with Crippen molar-refractivity contribution in [1.29, 1.82) is 0 Å². The molecular weight excluding hydrogens is 418 g/mol. The van der Waals surface area contributed by atoms with Gasteiger partial charge in [0.25, 0.3) is 0 Å². The predicted molar refractivity (Wildman–Crippen MR) is 130 cm³/mol. The number of rotatable bonds is 5. The molecule has 4 aromatic rings. The van der Waals surface area contributed by atoms with Crippen molar-refractivity contribution in [2.75, 3.05) is 18.1 Å². The Hall–Kier alpha value is -3.13. The third-order valence-corrected chi connectivity index (χ3v) is 6.95. The van der Waals surface area contributed by atoms with E-state index in [4.69, 9.17) is 0 Å². The molecule has 1 aliphatic rings. The first-order valence-electron chi connectivity index (χ1n) is 10.6. The molecule has 2 aromatic heterocycles.